The van der Waals surface area contributed by atoms with Crippen molar-refractivity contribution in [3.63, 3.8) is 0 Å². The highest BCUT2D eigenvalue weighted by Crippen LogP contribution is 2.20. The molecular formula is C12H24N4O2S. The Morgan fingerprint density at radius 1 is 1.37 bits per heavy atom. The zero-order chi connectivity index (χ0) is 14.6. The number of aromatic nitrogens is 2. The summed E-state index contributed by atoms with van der Waals surface area (Å²) < 4.78 is 28.3. The minimum atomic E-state index is -3.56. The fourth-order valence-corrected chi connectivity index (χ4v) is 3.30. The maximum Gasteiger partial charge on any atom is 0.246 e. The van der Waals surface area contributed by atoms with E-state index in [1.54, 1.807) is 14.0 Å². The lowest BCUT2D eigenvalue weighted by Crippen LogP contribution is -2.26. The average molecular weight is 288 g/mol. The van der Waals surface area contributed by atoms with E-state index in [-0.39, 0.29) is 10.7 Å². The zero-order valence-corrected chi connectivity index (χ0v) is 12.9. The summed E-state index contributed by atoms with van der Waals surface area (Å²) in [5.74, 6) is 0.697. The molecule has 0 bridgehead atoms. The molecule has 0 fully saturated rings. The molecule has 0 aromatic carbocycles. The fourth-order valence-electron chi connectivity index (χ4n) is 1.90. The van der Waals surface area contributed by atoms with E-state index in [2.05, 4.69) is 23.7 Å². The Morgan fingerprint density at radius 3 is 2.47 bits per heavy atom. The molecule has 19 heavy (non-hydrogen) atoms. The van der Waals surface area contributed by atoms with Gasteiger partial charge in [0, 0.05) is 13.6 Å². The SMILES string of the molecule is Cc1c(S(=O)(=O)NCCCCC(C)C)c(N)nn1C. The van der Waals surface area contributed by atoms with Crippen LogP contribution in [-0.2, 0) is 17.1 Å². The summed E-state index contributed by atoms with van der Waals surface area (Å²) in [6.07, 6.45) is 2.95. The molecule has 0 aliphatic heterocycles. The van der Waals surface area contributed by atoms with Crippen molar-refractivity contribution in [1.29, 1.82) is 0 Å². The number of hydrogen-bond acceptors (Lipinski definition) is 4. The van der Waals surface area contributed by atoms with Crippen molar-refractivity contribution in [3.05, 3.63) is 5.69 Å². The van der Waals surface area contributed by atoms with E-state index in [4.69, 9.17) is 5.73 Å². The third kappa shape index (κ3) is 4.21. The Kier molecular flexibility index (Phi) is 5.37. The third-order valence-electron chi connectivity index (χ3n) is 3.07. The summed E-state index contributed by atoms with van der Waals surface area (Å²) in [6, 6.07) is 0. The summed E-state index contributed by atoms with van der Waals surface area (Å²) in [4.78, 5) is 0.0962. The molecule has 110 valence electrons. The molecule has 0 radical (unpaired) electrons. The first-order valence-electron chi connectivity index (χ1n) is 6.54. The number of nitrogens with zero attached hydrogens (tertiary/aromatic N) is 2. The van der Waals surface area contributed by atoms with Gasteiger partial charge in [-0.05, 0) is 19.3 Å². The highest BCUT2D eigenvalue weighted by atomic mass is 32.2. The summed E-state index contributed by atoms with van der Waals surface area (Å²) in [5.41, 5.74) is 6.20. The summed E-state index contributed by atoms with van der Waals surface area (Å²) >= 11 is 0. The van der Waals surface area contributed by atoms with Crippen LogP contribution in [0.15, 0.2) is 4.90 Å². The van der Waals surface area contributed by atoms with Crippen molar-refractivity contribution >= 4 is 15.8 Å². The monoisotopic (exact) mass is 288 g/mol. The van der Waals surface area contributed by atoms with Gasteiger partial charge in [0.05, 0.1) is 5.69 Å². The highest BCUT2D eigenvalue weighted by molar-refractivity contribution is 7.89. The summed E-state index contributed by atoms with van der Waals surface area (Å²) in [6.45, 7) is 6.44. The number of hydrogen-bond donors (Lipinski definition) is 2. The largest absolute Gasteiger partial charge is 0.381 e. The molecule has 0 aliphatic rings. The van der Waals surface area contributed by atoms with Gasteiger partial charge in [0.15, 0.2) is 5.82 Å². The van der Waals surface area contributed by atoms with Gasteiger partial charge in [-0.25, -0.2) is 13.1 Å². The molecule has 0 aliphatic carbocycles. The maximum absolute atomic E-state index is 12.1. The minimum Gasteiger partial charge on any atom is -0.381 e. The van der Waals surface area contributed by atoms with Crippen molar-refractivity contribution in [2.75, 3.05) is 12.3 Å². The van der Waals surface area contributed by atoms with Crippen LogP contribution in [0.5, 0.6) is 0 Å². The number of nitrogens with two attached hydrogens (primary N) is 1. The summed E-state index contributed by atoms with van der Waals surface area (Å²) in [7, 11) is -1.89. The van der Waals surface area contributed by atoms with E-state index < -0.39 is 10.0 Å². The van der Waals surface area contributed by atoms with Gasteiger partial charge in [-0.15, -0.1) is 0 Å². The maximum atomic E-state index is 12.1. The topological polar surface area (TPSA) is 90.0 Å². The van der Waals surface area contributed by atoms with Crippen molar-refractivity contribution in [2.24, 2.45) is 13.0 Å². The van der Waals surface area contributed by atoms with Crippen LogP contribution >= 0.6 is 0 Å². The van der Waals surface area contributed by atoms with E-state index in [1.807, 2.05) is 0 Å². The number of sulfonamides is 1. The Hall–Kier alpha value is -1.08. The molecule has 0 unspecified atom stereocenters. The van der Waals surface area contributed by atoms with Gasteiger partial charge >= 0.3 is 0 Å². The van der Waals surface area contributed by atoms with Crippen molar-refractivity contribution in [3.8, 4) is 0 Å². The number of unbranched alkanes of at least 4 members (excludes halogenated alkanes) is 1. The van der Waals surface area contributed by atoms with Crippen LogP contribution in [0, 0.1) is 12.8 Å². The second kappa shape index (κ2) is 6.38. The lowest BCUT2D eigenvalue weighted by Gasteiger charge is -2.07. The van der Waals surface area contributed by atoms with Gasteiger partial charge in [0.2, 0.25) is 10.0 Å². The number of nitrogens with one attached hydrogen (secondary N) is 1. The molecule has 7 heteroatoms. The second-order valence-corrected chi connectivity index (χ2v) is 6.91. The fraction of sp³-hybridized carbons (Fsp3) is 0.750. The molecule has 0 saturated heterocycles. The molecule has 0 saturated carbocycles. The van der Waals surface area contributed by atoms with Crippen LogP contribution in [0.3, 0.4) is 0 Å². The zero-order valence-electron chi connectivity index (χ0n) is 12.1. The van der Waals surface area contributed by atoms with Gasteiger partial charge in [-0.1, -0.05) is 26.7 Å². The molecular weight excluding hydrogens is 264 g/mol. The summed E-state index contributed by atoms with van der Waals surface area (Å²) in [5, 5.41) is 3.92. The van der Waals surface area contributed by atoms with Crippen LogP contribution in [0.25, 0.3) is 0 Å². The predicted molar refractivity (Wildman–Crippen MR) is 76.2 cm³/mol. The lowest BCUT2D eigenvalue weighted by atomic mass is 10.1. The quantitative estimate of drug-likeness (QED) is 0.742. The van der Waals surface area contributed by atoms with E-state index in [1.165, 1.54) is 4.68 Å². The molecule has 1 rings (SSSR count). The molecule has 1 heterocycles. The van der Waals surface area contributed by atoms with Gasteiger partial charge in [-0.3, -0.25) is 4.68 Å². The number of rotatable bonds is 7. The van der Waals surface area contributed by atoms with E-state index in [0.717, 1.165) is 19.3 Å². The van der Waals surface area contributed by atoms with Crippen LogP contribution in [0.2, 0.25) is 0 Å². The van der Waals surface area contributed by atoms with Crippen LogP contribution < -0.4 is 10.5 Å². The predicted octanol–water partition coefficient (Wildman–Crippen LogP) is 1.42. The van der Waals surface area contributed by atoms with Gasteiger partial charge < -0.3 is 5.73 Å². The van der Waals surface area contributed by atoms with E-state index >= 15 is 0 Å². The van der Waals surface area contributed by atoms with Crippen LogP contribution in [0.4, 0.5) is 5.82 Å². The Morgan fingerprint density at radius 2 is 2.00 bits per heavy atom. The first-order chi connectivity index (χ1) is 8.75. The van der Waals surface area contributed by atoms with Gasteiger partial charge in [0.25, 0.3) is 0 Å². The van der Waals surface area contributed by atoms with Crippen LogP contribution in [-0.4, -0.2) is 24.7 Å². The Labute approximate surface area is 115 Å². The Bertz CT molecular complexity index is 520. The standard InChI is InChI=1S/C12H24N4O2S/c1-9(2)7-5-6-8-14-19(17,18)11-10(3)16(4)15-12(11)13/h9,14H,5-8H2,1-4H3,(H2,13,15). The first-order valence-corrected chi connectivity index (χ1v) is 8.02. The van der Waals surface area contributed by atoms with Gasteiger partial charge in [-0.2, -0.15) is 5.10 Å². The Balaban J connectivity index is 2.62. The molecule has 1 aromatic heterocycles. The highest BCUT2D eigenvalue weighted by Gasteiger charge is 2.23. The number of aryl methyl sites for hydroxylation is 1. The second-order valence-electron chi connectivity index (χ2n) is 5.21. The minimum absolute atomic E-state index is 0.0506. The lowest BCUT2D eigenvalue weighted by molar-refractivity contribution is 0.530. The van der Waals surface area contributed by atoms with Crippen LogP contribution in [0.1, 0.15) is 38.8 Å². The molecule has 1 aromatic rings. The normalized spacial score (nSPS) is 12.3. The molecule has 0 atom stereocenters. The molecule has 6 nitrogen and oxygen atoms in total. The molecule has 0 amide bonds. The first kappa shape index (κ1) is 16.0. The van der Waals surface area contributed by atoms with Crippen molar-refractivity contribution < 1.29 is 8.42 Å². The smallest absolute Gasteiger partial charge is 0.246 e. The van der Waals surface area contributed by atoms with Crippen molar-refractivity contribution in [1.82, 2.24) is 14.5 Å². The van der Waals surface area contributed by atoms with Crippen molar-refractivity contribution in [2.45, 2.75) is 44.9 Å². The average Bonchev–Trinajstić information content (AvgIpc) is 2.52. The van der Waals surface area contributed by atoms with Gasteiger partial charge in [0.1, 0.15) is 4.90 Å². The van der Waals surface area contributed by atoms with E-state index in [0.29, 0.717) is 18.2 Å². The molecule has 0 spiro atoms. The molecule has 3 N–H and O–H groups in total. The van der Waals surface area contributed by atoms with E-state index in [9.17, 15) is 8.42 Å². The number of anilines is 1. The number of nitrogen functional groups attached to an aromatic ring is 1. The third-order valence-corrected chi connectivity index (χ3v) is 4.70.